The third-order valence-electron chi connectivity index (χ3n) is 6.84. The Kier molecular flexibility index (Phi) is 4.83. The normalized spacial score (nSPS) is 24.9. The molecule has 0 spiro atoms. The molecule has 5 rings (SSSR count). The molecule has 3 atom stereocenters. The Balaban J connectivity index is 1.55. The van der Waals surface area contributed by atoms with E-state index in [9.17, 15) is 27.8 Å². The van der Waals surface area contributed by atoms with Crippen LogP contribution in [0.2, 0.25) is 0 Å². The largest absolute Gasteiger partial charge is 0.494 e. The van der Waals surface area contributed by atoms with Crippen LogP contribution >= 0.6 is 0 Å². The lowest BCUT2D eigenvalue weighted by Gasteiger charge is -2.29. The van der Waals surface area contributed by atoms with Gasteiger partial charge in [0.05, 0.1) is 52.4 Å². The summed E-state index contributed by atoms with van der Waals surface area (Å²) in [7, 11) is 0. The number of halogens is 4. The van der Waals surface area contributed by atoms with Gasteiger partial charge in [-0.2, -0.15) is 22.8 Å². The van der Waals surface area contributed by atoms with Crippen molar-refractivity contribution in [3.8, 4) is 29.3 Å². The molecule has 0 saturated carbocycles. The molecule has 7 nitrogen and oxygen atoms in total. The van der Waals surface area contributed by atoms with Crippen molar-refractivity contribution in [2.24, 2.45) is 5.92 Å². The zero-order valence-electron chi connectivity index (χ0n) is 18.5. The number of nitrogens with zero attached hydrogens (tertiary/aromatic N) is 3. The van der Waals surface area contributed by atoms with E-state index < -0.39 is 46.2 Å². The second-order valence-corrected chi connectivity index (χ2v) is 9.04. The molecule has 0 aliphatic carbocycles. The molecule has 4 heterocycles. The van der Waals surface area contributed by atoms with Crippen molar-refractivity contribution >= 4 is 0 Å². The zero-order chi connectivity index (χ0) is 25.3. The van der Waals surface area contributed by atoms with Crippen LogP contribution in [0.15, 0.2) is 36.5 Å². The highest BCUT2D eigenvalue weighted by atomic mass is 19.4. The number of alkyl halides is 3. The van der Waals surface area contributed by atoms with Crippen LogP contribution in [0.1, 0.15) is 42.5 Å². The molecular formula is C24H19F4N3O4. The monoisotopic (exact) mass is 489 g/mol. The summed E-state index contributed by atoms with van der Waals surface area (Å²) in [4.78, 5) is 3.54. The van der Waals surface area contributed by atoms with Gasteiger partial charge in [-0.1, -0.05) is 0 Å². The number of pyridine rings is 1. The van der Waals surface area contributed by atoms with Gasteiger partial charge in [-0.05, 0) is 50.6 Å². The molecule has 2 aliphatic rings. The van der Waals surface area contributed by atoms with Crippen LogP contribution in [-0.4, -0.2) is 26.4 Å². The number of fused-ring (bicyclic) bond motifs is 5. The molecule has 11 heteroatoms. The van der Waals surface area contributed by atoms with Gasteiger partial charge in [-0.3, -0.25) is 4.57 Å². The molecule has 2 aromatic heterocycles. The number of aromatic hydroxyl groups is 2. The van der Waals surface area contributed by atoms with Crippen molar-refractivity contribution in [3.63, 3.8) is 0 Å². The number of nitriles is 1. The minimum absolute atomic E-state index is 0.124. The smallest absolute Gasteiger partial charge is 0.417 e. The number of aromatic nitrogens is 2. The Morgan fingerprint density at radius 2 is 1.91 bits per heavy atom. The standard InChI is InChI=1S/C24H19F4N3O4/c1-22-8-13(11-34-15-5-6-17(25)30-10-15)23(2,35-22)19-18(22)20(32)31(21(19)33)14-4-3-12(9-29)16(7-14)24(26,27)28/h3-7,10,13,32-33H,8,11H2,1-2H3/t13-,22+,23-/m0/s1. The van der Waals surface area contributed by atoms with Crippen LogP contribution in [0, 0.1) is 23.2 Å². The first-order chi connectivity index (χ1) is 16.4. The van der Waals surface area contributed by atoms with E-state index in [0.717, 1.165) is 16.7 Å². The fraction of sp³-hybridized carbons (Fsp3) is 0.333. The van der Waals surface area contributed by atoms with E-state index in [1.165, 1.54) is 24.4 Å². The molecule has 2 N–H and O–H groups in total. The molecule has 0 unspecified atom stereocenters. The van der Waals surface area contributed by atoms with Gasteiger partial charge in [-0.25, -0.2) is 4.98 Å². The Morgan fingerprint density at radius 3 is 2.54 bits per heavy atom. The van der Waals surface area contributed by atoms with Crippen LogP contribution in [0.5, 0.6) is 17.5 Å². The highest BCUT2D eigenvalue weighted by Gasteiger charge is 2.64. The van der Waals surface area contributed by atoms with E-state index in [-0.39, 0.29) is 29.3 Å². The van der Waals surface area contributed by atoms with E-state index >= 15 is 0 Å². The summed E-state index contributed by atoms with van der Waals surface area (Å²) in [6.45, 7) is 3.56. The lowest BCUT2D eigenvalue weighted by atomic mass is 9.73. The Bertz CT molecular complexity index is 1380. The van der Waals surface area contributed by atoms with Gasteiger partial charge in [0.15, 0.2) is 0 Å². The first kappa shape index (κ1) is 23.0. The summed E-state index contributed by atoms with van der Waals surface area (Å²) in [6, 6.07) is 7.01. The summed E-state index contributed by atoms with van der Waals surface area (Å²) in [5.74, 6) is -1.52. The highest BCUT2D eigenvalue weighted by molar-refractivity contribution is 5.62. The Morgan fingerprint density at radius 1 is 1.20 bits per heavy atom. The van der Waals surface area contributed by atoms with Crippen LogP contribution in [-0.2, 0) is 22.1 Å². The van der Waals surface area contributed by atoms with Gasteiger partial charge >= 0.3 is 6.18 Å². The first-order valence-corrected chi connectivity index (χ1v) is 10.6. The van der Waals surface area contributed by atoms with Crippen molar-refractivity contribution in [3.05, 3.63) is 64.7 Å². The minimum atomic E-state index is -4.81. The fourth-order valence-corrected chi connectivity index (χ4v) is 5.30. The molecule has 182 valence electrons. The van der Waals surface area contributed by atoms with E-state index in [2.05, 4.69) is 4.98 Å². The van der Waals surface area contributed by atoms with Gasteiger partial charge in [-0.15, -0.1) is 0 Å². The maximum atomic E-state index is 13.5. The van der Waals surface area contributed by atoms with Crippen molar-refractivity contribution in [1.29, 1.82) is 5.26 Å². The first-order valence-electron chi connectivity index (χ1n) is 10.6. The van der Waals surface area contributed by atoms with Crippen molar-refractivity contribution < 1.29 is 37.2 Å². The fourth-order valence-electron chi connectivity index (χ4n) is 5.30. The molecule has 2 bridgehead atoms. The quantitative estimate of drug-likeness (QED) is 0.401. The lowest BCUT2D eigenvalue weighted by molar-refractivity contribution is -0.137. The van der Waals surface area contributed by atoms with Crippen LogP contribution < -0.4 is 4.74 Å². The average Bonchev–Trinajstić information content (AvgIpc) is 3.32. The maximum absolute atomic E-state index is 13.5. The summed E-state index contributed by atoms with van der Waals surface area (Å²) >= 11 is 0. The molecule has 0 amide bonds. The summed E-state index contributed by atoms with van der Waals surface area (Å²) in [5, 5.41) is 31.2. The molecular weight excluding hydrogens is 470 g/mol. The number of ether oxygens (including phenoxy) is 2. The molecule has 35 heavy (non-hydrogen) atoms. The third kappa shape index (κ3) is 3.31. The second-order valence-electron chi connectivity index (χ2n) is 9.04. The average molecular weight is 489 g/mol. The van der Waals surface area contributed by atoms with Crippen LogP contribution in [0.4, 0.5) is 17.6 Å². The number of hydrogen-bond acceptors (Lipinski definition) is 6. The van der Waals surface area contributed by atoms with Crippen molar-refractivity contribution in [2.45, 2.75) is 37.6 Å². The lowest BCUT2D eigenvalue weighted by Crippen LogP contribution is -2.32. The van der Waals surface area contributed by atoms with E-state index in [4.69, 9.17) is 14.7 Å². The highest BCUT2D eigenvalue weighted by Crippen LogP contribution is 2.66. The van der Waals surface area contributed by atoms with Crippen molar-refractivity contribution in [1.82, 2.24) is 9.55 Å². The molecule has 3 aromatic rings. The minimum Gasteiger partial charge on any atom is -0.494 e. The van der Waals surface area contributed by atoms with Crippen LogP contribution in [0.3, 0.4) is 0 Å². The summed E-state index contributed by atoms with van der Waals surface area (Å²) in [6.07, 6.45) is -3.18. The number of benzene rings is 1. The SMILES string of the molecule is C[C@]12C[C@@H](COc3ccc(F)nc3)[C@](C)(O1)c1c2c(O)n(-c2ccc(C#N)c(C(F)(F)F)c2)c1O. The van der Waals surface area contributed by atoms with E-state index in [0.29, 0.717) is 18.2 Å². The van der Waals surface area contributed by atoms with Crippen LogP contribution in [0.25, 0.3) is 5.69 Å². The number of hydrogen-bond donors (Lipinski definition) is 2. The number of rotatable bonds is 4. The predicted molar refractivity (Wildman–Crippen MR) is 112 cm³/mol. The zero-order valence-corrected chi connectivity index (χ0v) is 18.5. The molecule has 1 fully saturated rings. The molecule has 1 saturated heterocycles. The third-order valence-corrected chi connectivity index (χ3v) is 6.84. The summed E-state index contributed by atoms with van der Waals surface area (Å²) in [5.41, 5.74) is -3.52. The maximum Gasteiger partial charge on any atom is 0.417 e. The van der Waals surface area contributed by atoms with Gasteiger partial charge < -0.3 is 19.7 Å². The van der Waals surface area contributed by atoms with E-state index in [1.807, 2.05) is 0 Å². The molecule has 1 aromatic carbocycles. The van der Waals surface area contributed by atoms with Gasteiger partial charge in [0.25, 0.3) is 0 Å². The predicted octanol–water partition coefficient (Wildman–Crippen LogP) is 4.87. The second kappa shape index (κ2) is 7.36. The van der Waals surface area contributed by atoms with Gasteiger partial charge in [0.1, 0.15) is 11.4 Å². The van der Waals surface area contributed by atoms with Crippen molar-refractivity contribution in [2.75, 3.05) is 6.61 Å². The Hall–Kier alpha value is -3.78. The van der Waals surface area contributed by atoms with E-state index in [1.54, 1.807) is 13.8 Å². The van der Waals surface area contributed by atoms with Gasteiger partial charge in [0.2, 0.25) is 17.7 Å². The molecule has 0 radical (unpaired) electrons. The molecule has 2 aliphatic heterocycles. The van der Waals surface area contributed by atoms with Gasteiger partial charge in [0, 0.05) is 5.92 Å². The Labute approximate surface area is 196 Å². The topological polar surface area (TPSA) is 101 Å². The summed E-state index contributed by atoms with van der Waals surface area (Å²) < 4.78 is 66.5.